The maximum absolute atomic E-state index is 12.5. The van der Waals surface area contributed by atoms with Gasteiger partial charge in [0.2, 0.25) is 10.0 Å². The lowest BCUT2D eigenvalue weighted by molar-refractivity contribution is 0.457. The first-order chi connectivity index (χ1) is 8.43. The molecule has 2 rings (SSSR count). The molecule has 3 N–H and O–H groups in total. The molecule has 1 aromatic rings. The summed E-state index contributed by atoms with van der Waals surface area (Å²) in [6.45, 7) is 9.92. The minimum atomic E-state index is -3.64. The molecule has 1 heterocycles. The molecule has 0 radical (unpaired) electrons. The quantitative estimate of drug-likeness (QED) is 0.868. The number of hydrogen-bond donors (Lipinski definition) is 2. The molecule has 0 aromatic carbocycles. The molecule has 0 saturated heterocycles. The molecule has 0 spiro atoms. The van der Waals surface area contributed by atoms with Crippen molar-refractivity contribution in [3.8, 4) is 0 Å². The second kappa shape index (κ2) is 3.73. The van der Waals surface area contributed by atoms with Crippen LogP contribution < -0.4 is 10.5 Å². The van der Waals surface area contributed by atoms with Crippen molar-refractivity contribution in [2.45, 2.75) is 45.6 Å². The van der Waals surface area contributed by atoms with Crippen molar-refractivity contribution in [3.63, 3.8) is 0 Å². The third-order valence-electron chi connectivity index (χ3n) is 4.87. The number of anilines is 1. The van der Waals surface area contributed by atoms with Gasteiger partial charge in [0.15, 0.2) is 5.82 Å². The zero-order valence-electron chi connectivity index (χ0n) is 12.3. The van der Waals surface area contributed by atoms with Crippen LogP contribution in [0, 0.1) is 17.8 Å². The standard InChI is InChI=1S/C12H22N4O2S/c1-7-8(9(13)14-16(7)6)19(17,18)15-10-11(2,3)12(10,4)5/h10,15H,1-6H3,(H2,13,14). The van der Waals surface area contributed by atoms with Gasteiger partial charge in [0.1, 0.15) is 4.90 Å². The summed E-state index contributed by atoms with van der Waals surface area (Å²) in [6, 6.07) is -0.0935. The van der Waals surface area contributed by atoms with Gasteiger partial charge in [-0.05, 0) is 17.8 Å². The molecule has 0 amide bonds. The zero-order valence-corrected chi connectivity index (χ0v) is 13.1. The highest BCUT2D eigenvalue weighted by Gasteiger charge is 2.66. The summed E-state index contributed by atoms with van der Waals surface area (Å²) in [5, 5.41) is 3.95. The predicted molar refractivity (Wildman–Crippen MR) is 74.0 cm³/mol. The lowest BCUT2D eigenvalue weighted by Crippen LogP contribution is -2.30. The first-order valence-corrected chi connectivity index (χ1v) is 7.72. The second-order valence-electron chi connectivity index (χ2n) is 6.42. The van der Waals surface area contributed by atoms with E-state index < -0.39 is 10.0 Å². The van der Waals surface area contributed by atoms with E-state index in [2.05, 4.69) is 37.5 Å². The highest BCUT2D eigenvalue weighted by Crippen LogP contribution is 2.63. The number of nitrogens with zero attached hydrogens (tertiary/aromatic N) is 2. The Morgan fingerprint density at radius 3 is 2.05 bits per heavy atom. The number of aryl methyl sites for hydroxylation is 1. The summed E-state index contributed by atoms with van der Waals surface area (Å²) in [6.07, 6.45) is 0. The number of hydrogen-bond acceptors (Lipinski definition) is 4. The number of aromatic nitrogens is 2. The number of nitrogens with two attached hydrogens (primary N) is 1. The Morgan fingerprint density at radius 2 is 1.74 bits per heavy atom. The van der Waals surface area contributed by atoms with Crippen LogP contribution in [0.15, 0.2) is 4.90 Å². The lowest BCUT2D eigenvalue weighted by Gasteiger charge is -2.08. The van der Waals surface area contributed by atoms with Crippen LogP contribution in [-0.4, -0.2) is 24.2 Å². The van der Waals surface area contributed by atoms with Gasteiger partial charge in [0.25, 0.3) is 0 Å². The first-order valence-electron chi connectivity index (χ1n) is 6.24. The van der Waals surface area contributed by atoms with Crippen LogP contribution in [0.25, 0.3) is 0 Å². The maximum atomic E-state index is 12.5. The smallest absolute Gasteiger partial charge is 0.246 e. The fourth-order valence-electron chi connectivity index (χ4n) is 2.65. The van der Waals surface area contributed by atoms with E-state index in [4.69, 9.17) is 5.73 Å². The van der Waals surface area contributed by atoms with Crippen LogP contribution in [0.5, 0.6) is 0 Å². The van der Waals surface area contributed by atoms with Gasteiger partial charge in [0.05, 0.1) is 5.69 Å². The molecule has 1 fully saturated rings. The van der Waals surface area contributed by atoms with Crippen LogP contribution in [0.3, 0.4) is 0 Å². The second-order valence-corrected chi connectivity index (χ2v) is 8.07. The highest BCUT2D eigenvalue weighted by atomic mass is 32.2. The van der Waals surface area contributed by atoms with E-state index in [9.17, 15) is 8.42 Å². The predicted octanol–water partition coefficient (Wildman–Crippen LogP) is 1.02. The topological polar surface area (TPSA) is 90.0 Å². The minimum Gasteiger partial charge on any atom is -0.381 e. The summed E-state index contributed by atoms with van der Waals surface area (Å²) in [4.78, 5) is 0.0912. The van der Waals surface area contributed by atoms with E-state index in [1.54, 1.807) is 14.0 Å². The van der Waals surface area contributed by atoms with Crippen molar-refractivity contribution in [1.29, 1.82) is 0 Å². The molecular weight excluding hydrogens is 264 g/mol. The monoisotopic (exact) mass is 286 g/mol. The van der Waals surface area contributed by atoms with E-state index >= 15 is 0 Å². The van der Waals surface area contributed by atoms with Crippen LogP contribution in [0.4, 0.5) is 5.82 Å². The van der Waals surface area contributed by atoms with Gasteiger partial charge in [-0.3, -0.25) is 4.68 Å². The van der Waals surface area contributed by atoms with Gasteiger partial charge in [-0.1, -0.05) is 27.7 Å². The Bertz CT molecular complexity index is 614. The molecule has 1 aliphatic carbocycles. The Kier molecular flexibility index (Phi) is 2.81. The average molecular weight is 286 g/mol. The van der Waals surface area contributed by atoms with Gasteiger partial charge in [-0.2, -0.15) is 5.10 Å². The molecule has 1 aliphatic rings. The van der Waals surface area contributed by atoms with Crippen molar-refractivity contribution in [2.24, 2.45) is 17.9 Å². The molecule has 108 valence electrons. The lowest BCUT2D eigenvalue weighted by atomic mass is 10.0. The SMILES string of the molecule is Cc1c(S(=O)(=O)NC2C(C)(C)C2(C)C)c(N)nn1C. The van der Waals surface area contributed by atoms with Crippen molar-refractivity contribution in [2.75, 3.05) is 5.73 Å². The van der Waals surface area contributed by atoms with Crippen LogP contribution >= 0.6 is 0 Å². The molecule has 0 bridgehead atoms. The molecule has 19 heavy (non-hydrogen) atoms. The summed E-state index contributed by atoms with van der Waals surface area (Å²) < 4.78 is 29.2. The van der Waals surface area contributed by atoms with Gasteiger partial charge >= 0.3 is 0 Å². The van der Waals surface area contributed by atoms with Gasteiger partial charge in [0, 0.05) is 13.1 Å². The number of nitrogens with one attached hydrogen (secondary N) is 1. The third-order valence-corrected chi connectivity index (χ3v) is 6.45. The Labute approximate surface area is 114 Å². The maximum Gasteiger partial charge on any atom is 0.246 e. The fraction of sp³-hybridized carbons (Fsp3) is 0.750. The summed E-state index contributed by atoms with van der Waals surface area (Å²) in [7, 11) is -1.96. The highest BCUT2D eigenvalue weighted by molar-refractivity contribution is 7.89. The van der Waals surface area contributed by atoms with Crippen molar-refractivity contribution in [1.82, 2.24) is 14.5 Å². The van der Waals surface area contributed by atoms with E-state index in [0.29, 0.717) is 5.69 Å². The Hall–Kier alpha value is -1.08. The number of nitrogen functional groups attached to an aromatic ring is 1. The van der Waals surface area contributed by atoms with Crippen LogP contribution in [0.1, 0.15) is 33.4 Å². The van der Waals surface area contributed by atoms with Crippen LogP contribution in [-0.2, 0) is 17.1 Å². The summed E-state index contributed by atoms with van der Waals surface area (Å²) in [5.41, 5.74) is 6.12. The molecule has 6 nitrogen and oxygen atoms in total. The Balaban J connectivity index is 2.36. The normalized spacial score (nSPS) is 21.6. The fourth-order valence-corrected chi connectivity index (χ4v) is 4.51. The van der Waals surface area contributed by atoms with Crippen molar-refractivity contribution in [3.05, 3.63) is 5.69 Å². The molecule has 0 atom stereocenters. The average Bonchev–Trinajstić information content (AvgIpc) is 2.50. The van der Waals surface area contributed by atoms with Gasteiger partial charge in [-0.15, -0.1) is 0 Å². The summed E-state index contributed by atoms with van der Waals surface area (Å²) in [5.74, 6) is 0.0452. The molecule has 1 saturated carbocycles. The largest absolute Gasteiger partial charge is 0.381 e. The number of rotatable bonds is 3. The molecule has 0 unspecified atom stereocenters. The van der Waals surface area contributed by atoms with Gasteiger partial charge < -0.3 is 5.73 Å². The van der Waals surface area contributed by atoms with Crippen molar-refractivity contribution >= 4 is 15.8 Å². The van der Waals surface area contributed by atoms with E-state index in [1.165, 1.54) is 4.68 Å². The number of sulfonamides is 1. The van der Waals surface area contributed by atoms with Gasteiger partial charge in [-0.25, -0.2) is 13.1 Å². The molecule has 1 aromatic heterocycles. The van der Waals surface area contributed by atoms with E-state index in [0.717, 1.165) is 0 Å². The third kappa shape index (κ3) is 1.87. The Morgan fingerprint density at radius 1 is 1.26 bits per heavy atom. The zero-order chi connectivity index (χ0) is 14.8. The van der Waals surface area contributed by atoms with Crippen LogP contribution in [0.2, 0.25) is 0 Å². The molecular formula is C12H22N4O2S. The molecule has 0 aliphatic heterocycles. The van der Waals surface area contributed by atoms with Crippen molar-refractivity contribution < 1.29 is 8.42 Å². The minimum absolute atomic E-state index is 0.0452. The first kappa shape index (κ1) is 14.3. The van der Waals surface area contributed by atoms with E-state index in [-0.39, 0.29) is 27.6 Å². The molecule has 7 heteroatoms. The van der Waals surface area contributed by atoms with E-state index in [1.807, 2.05) is 0 Å². The summed E-state index contributed by atoms with van der Waals surface area (Å²) >= 11 is 0.